The van der Waals surface area contributed by atoms with Crippen LogP contribution in [-0.4, -0.2) is 0 Å². The lowest BCUT2D eigenvalue weighted by Crippen LogP contribution is -2.56. The van der Waals surface area contributed by atoms with Crippen molar-refractivity contribution in [2.75, 3.05) is 0 Å². The molecule has 0 heteroatoms. The molecule has 0 N–H and O–H groups in total. The van der Waals surface area contributed by atoms with Gasteiger partial charge in [-0.3, -0.25) is 0 Å². The zero-order valence-corrected chi connectivity index (χ0v) is 14.1. The summed E-state index contributed by atoms with van der Waals surface area (Å²) in [6, 6.07) is 0. The second-order valence-electron chi connectivity index (χ2n) is 10.1. The average Bonchev–Trinajstić information content (AvgIpc) is 2.58. The van der Waals surface area contributed by atoms with Crippen LogP contribution in [0.5, 0.6) is 0 Å². The lowest BCUT2D eigenvalue weighted by molar-refractivity contribution is -0.142. The van der Waals surface area contributed by atoms with Crippen molar-refractivity contribution in [2.45, 2.75) is 85.5 Å². The minimum absolute atomic E-state index is 0.591. The van der Waals surface area contributed by atoms with Gasteiger partial charge in [-0.2, -0.15) is 0 Å². The van der Waals surface area contributed by atoms with Gasteiger partial charge in [0.1, 0.15) is 5.41 Å². The maximum absolute atomic E-state index is 2.75. The Kier molecular flexibility index (Phi) is 2.56. The fourth-order valence-corrected chi connectivity index (χ4v) is 7.73. The molecular formula is C20H33+. The second kappa shape index (κ2) is 3.79. The zero-order chi connectivity index (χ0) is 14.2. The Bertz CT molecular complexity index is 422. The normalized spacial score (nSPS) is 56.6. The van der Waals surface area contributed by atoms with Crippen molar-refractivity contribution < 1.29 is 0 Å². The van der Waals surface area contributed by atoms with E-state index in [1.54, 1.807) is 6.42 Å². The molecule has 0 heterocycles. The summed E-state index contributed by atoms with van der Waals surface area (Å²) in [4.78, 5) is 0. The fraction of sp³-hybridized carbons (Fsp3) is 0.950. The molecule has 4 aliphatic carbocycles. The van der Waals surface area contributed by atoms with E-state index < -0.39 is 0 Å². The molecule has 0 unspecified atom stereocenters. The van der Waals surface area contributed by atoms with E-state index in [1.807, 2.05) is 0 Å². The highest BCUT2D eigenvalue weighted by atomic mass is 14.7. The van der Waals surface area contributed by atoms with E-state index in [-0.39, 0.29) is 0 Å². The van der Waals surface area contributed by atoms with Gasteiger partial charge in [-0.05, 0) is 74.0 Å². The Hall–Kier alpha value is -0.130. The largest absolute Gasteiger partial charge is 0.106 e. The summed E-state index contributed by atoms with van der Waals surface area (Å²) in [5.74, 6) is 1.99. The van der Waals surface area contributed by atoms with Crippen LogP contribution in [0, 0.1) is 39.9 Å². The van der Waals surface area contributed by atoms with Gasteiger partial charge in [0.25, 0.3) is 0 Å². The van der Waals surface area contributed by atoms with E-state index in [0.29, 0.717) is 16.2 Å². The molecule has 0 radical (unpaired) electrons. The first-order chi connectivity index (χ1) is 9.30. The molecule has 5 atom stereocenters. The molecular weight excluding hydrogens is 240 g/mol. The molecule has 4 saturated carbocycles. The number of hydrogen-bond acceptors (Lipinski definition) is 0. The number of fused-ring (bicyclic) bond motifs is 3. The summed E-state index contributed by atoms with van der Waals surface area (Å²) in [6.07, 6.45) is 16.2. The monoisotopic (exact) mass is 273 g/mol. The van der Waals surface area contributed by atoms with Crippen LogP contribution in [0.15, 0.2) is 0 Å². The Morgan fingerprint density at radius 3 is 2.45 bits per heavy atom. The highest BCUT2D eigenvalue weighted by Gasteiger charge is 2.67. The first-order valence-corrected chi connectivity index (χ1v) is 9.14. The molecule has 0 aromatic rings. The van der Waals surface area contributed by atoms with Crippen LogP contribution >= 0.6 is 0 Å². The predicted octanol–water partition coefficient (Wildman–Crippen LogP) is 6.01. The SMILES string of the molecule is CC1(C)CCC[C@]2(C)[C@@H]1CC[C@@]13CC[C@@](C)([CH+]C[C@H]12)C3. The van der Waals surface area contributed by atoms with Gasteiger partial charge in [-0.15, -0.1) is 0 Å². The standard InChI is InChI=1S/C20H33/c1-17(2)8-5-9-19(4)15(17)7-11-20-13-12-18(3,14-20)10-6-16(19)20/h10,15-16H,5-9,11-14H2,1-4H3/q+1/t15-,16+,18-,19-,20+/m1/s1. The summed E-state index contributed by atoms with van der Waals surface area (Å²) < 4.78 is 0. The molecule has 4 fully saturated rings. The first kappa shape index (κ1) is 13.5. The Balaban J connectivity index is 1.73. The highest BCUT2D eigenvalue weighted by molar-refractivity contribution is 5.17. The minimum atomic E-state index is 0.591. The van der Waals surface area contributed by atoms with Gasteiger partial charge in [0.05, 0.1) is 12.8 Å². The Labute approximate surface area is 126 Å². The molecule has 0 aromatic carbocycles. The summed E-state index contributed by atoms with van der Waals surface area (Å²) in [5, 5.41) is 0. The summed E-state index contributed by atoms with van der Waals surface area (Å²) in [7, 11) is 0. The molecule has 1 spiro atoms. The first-order valence-electron chi connectivity index (χ1n) is 9.14. The van der Waals surface area contributed by atoms with Gasteiger partial charge in [-0.1, -0.05) is 27.2 Å². The molecule has 0 amide bonds. The number of rotatable bonds is 0. The smallest absolute Gasteiger partial charge is 0.0596 e. The molecule has 0 saturated heterocycles. The van der Waals surface area contributed by atoms with Crippen molar-refractivity contribution >= 4 is 0 Å². The van der Waals surface area contributed by atoms with E-state index in [2.05, 4.69) is 34.1 Å². The zero-order valence-electron chi connectivity index (χ0n) is 14.1. The Morgan fingerprint density at radius 2 is 1.65 bits per heavy atom. The van der Waals surface area contributed by atoms with Crippen LogP contribution in [-0.2, 0) is 0 Å². The highest BCUT2D eigenvalue weighted by Crippen LogP contribution is 2.73. The van der Waals surface area contributed by atoms with Crippen LogP contribution in [0.1, 0.15) is 85.5 Å². The van der Waals surface area contributed by atoms with E-state index in [1.165, 1.54) is 51.4 Å². The van der Waals surface area contributed by atoms with Crippen LogP contribution in [0.25, 0.3) is 0 Å². The van der Waals surface area contributed by atoms with Gasteiger partial charge < -0.3 is 0 Å². The third-order valence-electron chi connectivity index (χ3n) is 8.54. The number of hydrogen-bond donors (Lipinski definition) is 0. The summed E-state index contributed by atoms with van der Waals surface area (Å²) in [5.41, 5.74) is 2.57. The lowest BCUT2D eigenvalue weighted by atomic mass is 9.40. The molecule has 0 aliphatic heterocycles. The molecule has 2 bridgehead atoms. The van der Waals surface area contributed by atoms with Crippen molar-refractivity contribution in [3.05, 3.63) is 6.42 Å². The minimum Gasteiger partial charge on any atom is -0.0596 e. The van der Waals surface area contributed by atoms with E-state index >= 15 is 0 Å². The third kappa shape index (κ3) is 1.57. The van der Waals surface area contributed by atoms with Crippen molar-refractivity contribution in [3.63, 3.8) is 0 Å². The lowest BCUT2D eigenvalue weighted by Gasteiger charge is -2.62. The maximum Gasteiger partial charge on any atom is 0.106 e. The molecule has 112 valence electrons. The predicted molar refractivity (Wildman–Crippen MR) is 85.3 cm³/mol. The maximum atomic E-state index is 2.75. The molecule has 4 aliphatic rings. The van der Waals surface area contributed by atoms with Gasteiger partial charge in [-0.25, -0.2) is 0 Å². The van der Waals surface area contributed by atoms with Crippen molar-refractivity contribution in [1.82, 2.24) is 0 Å². The summed E-state index contributed by atoms with van der Waals surface area (Å²) >= 11 is 0. The van der Waals surface area contributed by atoms with Crippen molar-refractivity contribution in [2.24, 2.45) is 33.5 Å². The van der Waals surface area contributed by atoms with Gasteiger partial charge >= 0.3 is 0 Å². The van der Waals surface area contributed by atoms with Gasteiger partial charge in [0.2, 0.25) is 0 Å². The van der Waals surface area contributed by atoms with Crippen LogP contribution in [0.3, 0.4) is 0 Å². The van der Waals surface area contributed by atoms with E-state index in [0.717, 1.165) is 17.3 Å². The molecule has 4 rings (SSSR count). The van der Waals surface area contributed by atoms with E-state index in [9.17, 15) is 0 Å². The van der Waals surface area contributed by atoms with Gasteiger partial charge in [0, 0.05) is 5.92 Å². The van der Waals surface area contributed by atoms with Crippen LogP contribution in [0.4, 0.5) is 0 Å². The molecule has 0 nitrogen and oxygen atoms in total. The van der Waals surface area contributed by atoms with Crippen molar-refractivity contribution in [1.29, 1.82) is 0 Å². The molecule has 0 aromatic heterocycles. The third-order valence-corrected chi connectivity index (χ3v) is 8.54. The fourth-order valence-electron chi connectivity index (χ4n) is 7.73. The van der Waals surface area contributed by atoms with Crippen LogP contribution < -0.4 is 0 Å². The second-order valence-corrected chi connectivity index (χ2v) is 10.1. The van der Waals surface area contributed by atoms with Crippen molar-refractivity contribution in [3.8, 4) is 0 Å². The summed E-state index contributed by atoms with van der Waals surface area (Å²) in [6.45, 7) is 10.4. The van der Waals surface area contributed by atoms with E-state index in [4.69, 9.17) is 0 Å². The topological polar surface area (TPSA) is 0 Å². The van der Waals surface area contributed by atoms with Crippen LogP contribution in [0.2, 0.25) is 0 Å². The quantitative estimate of drug-likeness (QED) is 0.474. The van der Waals surface area contributed by atoms with Gasteiger partial charge in [0.15, 0.2) is 0 Å². The Morgan fingerprint density at radius 1 is 0.850 bits per heavy atom. The molecule has 20 heavy (non-hydrogen) atoms. The average molecular weight is 273 g/mol.